The van der Waals surface area contributed by atoms with Gasteiger partial charge in [-0.15, -0.1) is 0 Å². The van der Waals surface area contributed by atoms with Crippen LogP contribution >= 0.6 is 0 Å². The SMILES string of the molecule is CCCNc1ncc(-c2ccc3c(C(=Nc4ccc(CN5CCCC5)cc4)c4ccccc4)c(O)[nH]c3c2)cn1. The molecule has 3 heterocycles. The van der Waals surface area contributed by atoms with Crippen molar-refractivity contribution in [2.24, 2.45) is 4.99 Å². The summed E-state index contributed by atoms with van der Waals surface area (Å²) >= 11 is 0. The number of hydrogen-bond donors (Lipinski definition) is 3. The van der Waals surface area contributed by atoms with Crippen LogP contribution in [0.3, 0.4) is 0 Å². The summed E-state index contributed by atoms with van der Waals surface area (Å²) in [7, 11) is 0. The zero-order valence-corrected chi connectivity index (χ0v) is 22.8. The molecule has 0 bridgehead atoms. The average Bonchev–Trinajstić information content (AvgIpc) is 3.63. The molecule has 40 heavy (non-hydrogen) atoms. The Hall–Kier alpha value is -4.49. The Labute approximate surface area is 234 Å². The monoisotopic (exact) mass is 530 g/mol. The van der Waals surface area contributed by atoms with Gasteiger partial charge in [0.1, 0.15) is 0 Å². The Morgan fingerprint density at radius 2 is 1.70 bits per heavy atom. The number of fused-ring (bicyclic) bond motifs is 1. The average molecular weight is 531 g/mol. The molecule has 3 aromatic carbocycles. The molecule has 1 fully saturated rings. The minimum absolute atomic E-state index is 0.0933. The van der Waals surface area contributed by atoms with Gasteiger partial charge in [-0.3, -0.25) is 4.90 Å². The van der Waals surface area contributed by atoms with Gasteiger partial charge in [0.25, 0.3) is 0 Å². The molecule has 0 saturated carbocycles. The molecule has 0 amide bonds. The highest BCUT2D eigenvalue weighted by Gasteiger charge is 2.19. The highest BCUT2D eigenvalue weighted by Crippen LogP contribution is 2.34. The Kier molecular flexibility index (Phi) is 7.55. The van der Waals surface area contributed by atoms with Gasteiger partial charge in [0, 0.05) is 47.5 Å². The molecular weight excluding hydrogens is 496 g/mol. The fourth-order valence-corrected chi connectivity index (χ4v) is 5.27. The van der Waals surface area contributed by atoms with Crippen LogP contribution in [0.5, 0.6) is 5.88 Å². The van der Waals surface area contributed by atoms with Crippen molar-refractivity contribution in [1.29, 1.82) is 0 Å². The second-order valence-electron chi connectivity index (χ2n) is 10.3. The summed E-state index contributed by atoms with van der Waals surface area (Å²) in [5.74, 6) is 0.718. The first-order valence-electron chi connectivity index (χ1n) is 14.0. The van der Waals surface area contributed by atoms with Gasteiger partial charge in [0.05, 0.1) is 17.0 Å². The van der Waals surface area contributed by atoms with Crippen LogP contribution in [0.25, 0.3) is 22.0 Å². The lowest BCUT2D eigenvalue weighted by Crippen LogP contribution is -2.18. The first kappa shape index (κ1) is 25.8. The van der Waals surface area contributed by atoms with E-state index < -0.39 is 0 Å². The maximum Gasteiger partial charge on any atom is 0.222 e. The van der Waals surface area contributed by atoms with Gasteiger partial charge < -0.3 is 15.4 Å². The molecule has 202 valence electrons. The lowest BCUT2D eigenvalue weighted by molar-refractivity contribution is 0.331. The number of anilines is 1. The molecule has 5 aromatic rings. The van der Waals surface area contributed by atoms with E-state index >= 15 is 0 Å². The van der Waals surface area contributed by atoms with Gasteiger partial charge in [0.2, 0.25) is 5.95 Å². The molecular formula is C33H34N6O. The van der Waals surface area contributed by atoms with E-state index in [9.17, 15) is 5.11 Å². The highest BCUT2D eigenvalue weighted by molar-refractivity contribution is 6.22. The Bertz CT molecular complexity index is 1600. The van der Waals surface area contributed by atoms with E-state index in [1.54, 1.807) is 0 Å². The zero-order valence-electron chi connectivity index (χ0n) is 22.8. The molecule has 2 aromatic heterocycles. The summed E-state index contributed by atoms with van der Waals surface area (Å²) < 4.78 is 0. The van der Waals surface area contributed by atoms with Crippen LogP contribution in [0.4, 0.5) is 11.6 Å². The Morgan fingerprint density at radius 3 is 2.42 bits per heavy atom. The largest absolute Gasteiger partial charge is 0.494 e. The molecule has 0 spiro atoms. The maximum absolute atomic E-state index is 11.2. The van der Waals surface area contributed by atoms with Gasteiger partial charge in [-0.2, -0.15) is 0 Å². The maximum atomic E-state index is 11.2. The minimum Gasteiger partial charge on any atom is -0.494 e. The van der Waals surface area contributed by atoms with E-state index in [0.717, 1.165) is 58.5 Å². The number of rotatable bonds is 9. The van der Waals surface area contributed by atoms with Crippen LogP contribution in [0, 0.1) is 0 Å². The van der Waals surface area contributed by atoms with Crippen molar-refractivity contribution >= 4 is 28.3 Å². The van der Waals surface area contributed by atoms with Crippen molar-refractivity contribution in [2.75, 3.05) is 25.0 Å². The third-order valence-corrected chi connectivity index (χ3v) is 7.36. The van der Waals surface area contributed by atoms with E-state index in [4.69, 9.17) is 4.99 Å². The Morgan fingerprint density at radius 1 is 0.950 bits per heavy atom. The topological polar surface area (TPSA) is 89.4 Å². The molecule has 0 aliphatic carbocycles. The summed E-state index contributed by atoms with van der Waals surface area (Å²) in [5, 5.41) is 15.3. The van der Waals surface area contributed by atoms with Crippen molar-refractivity contribution < 1.29 is 5.11 Å². The van der Waals surface area contributed by atoms with Crippen LogP contribution in [-0.4, -0.2) is 50.3 Å². The van der Waals surface area contributed by atoms with Crippen LogP contribution in [0.2, 0.25) is 0 Å². The highest BCUT2D eigenvalue weighted by atomic mass is 16.3. The quantitative estimate of drug-likeness (QED) is 0.180. The molecule has 7 nitrogen and oxygen atoms in total. The summed E-state index contributed by atoms with van der Waals surface area (Å²) in [6.07, 6.45) is 7.23. The molecule has 0 radical (unpaired) electrons. The number of benzene rings is 3. The molecule has 3 N–H and O–H groups in total. The predicted octanol–water partition coefficient (Wildman–Crippen LogP) is 6.92. The summed E-state index contributed by atoms with van der Waals surface area (Å²) in [6.45, 7) is 6.27. The van der Waals surface area contributed by atoms with Crippen molar-refractivity contribution in [3.8, 4) is 17.0 Å². The van der Waals surface area contributed by atoms with Crippen LogP contribution in [-0.2, 0) is 6.54 Å². The fourth-order valence-electron chi connectivity index (χ4n) is 5.27. The number of nitrogens with zero attached hydrogens (tertiary/aromatic N) is 4. The van der Waals surface area contributed by atoms with Crippen molar-refractivity contribution in [3.05, 3.63) is 102 Å². The third kappa shape index (κ3) is 5.60. The number of aromatic nitrogens is 3. The van der Waals surface area contributed by atoms with Gasteiger partial charge in [-0.1, -0.05) is 61.5 Å². The fraction of sp³-hybridized carbons (Fsp3) is 0.242. The van der Waals surface area contributed by atoms with E-state index in [1.807, 2.05) is 60.9 Å². The van der Waals surface area contributed by atoms with E-state index in [2.05, 4.69) is 56.4 Å². The van der Waals surface area contributed by atoms with E-state index in [-0.39, 0.29) is 5.88 Å². The van der Waals surface area contributed by atoms with Gasteiger partial charge in [-0.25, -0.2) is 15.0 Å². The van der Waals surface area contributed by atoms with Crippen molar-refractivity contribution in [2.45, 2.75) is 32.7 Å². The minimum atomic E-state index is 0.0933. The number of aromatic amines is 1. The summed E-state index contributed by atoms with van der Waals surface area (Å²) in [4.78, 5) is 19.6. The van der Waals surface area contributed by atoms with Gasteiger partial charge in [0.15, 0.2) is 5.88 Å². The zero-order chi connectivity index (χ0) is 27.3. The number of hydrogen-bond acceptors (Lipinski definition) is 6. The van der Waals surface area contributed by atoms with E-state index in [1.165, 1.54) is 31.5 Å². The lowest BCUT2D eigenvalue weighted by atomic mass is 9.99. The first-order chi connectivity index (χ1) is 19.7. The molecule has 7 heteroatoms. The Balaban J connectivity index is 1.35. The summed E-state index contributed by atoms with van der Waals surface area (Å²) in [5.41, 5.74) is 7.18. The molecule has 0 atom stereocenters. The standard InChI is InChI=1S/C33H34N6O/c1-2-16-34-33-35-20-26(21-36-33)25-12-15-28-29(19-25)38-32(40)30(28)31(24-8-4-3-5-9-24)37-27-13-10-23(11-14-27)22-39-17-6-7-18-39/h3-5,8-15,19-21,38,40H,2,6-7,16-18,22H2,1H3,(H,34,35,36). The summed E-state index contributed by atoms with van der Waals surface area (Å²) in [6, 6.07) is 24.6. The number of aliphatic imine (C=N–C) groups is 1. The third-order valence-electron chi connectivity index (χ3n) is 7.36. The van der Waals surface area contributed by atoms with Gasteiger partial charge in [-0.05, 0) is 61.7 Å². The van der Waals surface area contributed by atoms with E-state index in [0.29, 0.717) is 11.5 Å². The molecule has 1 aliphatic rings. The molecule has 0 unspecified atom stereocenters. The van der Waals surface area contributed by atoms with Crippen LogP contribution < -0.4 is 5.32 Å². The smallest absolute Gasteiger partial charge is 0.222 e. The van der Waals surface area contributed by atoms with Gasteiger partial charge >= 0.3 is 0 Å². The second kappa shape index (κ2) is 11.7. The first-order valence-corrected chi connectivity index (χ1v) is 14.0. The molecule has 1 aliphatic heterocycles. The number of H-pyrrole nitrogens is 1. The number of aromatic hydroxyl groups is 1. The van der Waals surface area contributed by atoms with Crippen molar-refractivity contribution in [3.63, 3.8) is 0 Å². The lowest BCUT2D eigenvalue weighted by Gasteiger charge is -2.14. The predicted molar refractivity (Wildman–Crippen MR) is 162 cm³/mol. The number of likely N-dealkylation sites (tertiary alicyclic amines) is 1. The second-order valence-corrected chi connectivity index (χ2v) is 10.3. The normalized spacial score (nSPS) is 14.2. The molecule has 6 rings (SSSR count). The van der Waals surface area contributed by atoms with Crippen molar-refractivity contribution in [1.82, 2.24) is 19.9 Å². The van der Waals surface area contributed by atoms with Crippen LogP contribution in [0.1, 0.15) is 42.9 Å². The number of nitrogens with one attached hydrogen (secondary N) is 2. The van der Waals surface area contributed by atoms with Crippen LogP contribution in [0.15, 0.2) is 90.2 Å². The molecule has 1 saturated heterocycles.